The van der Waals surface area contributed by atoms with Crippen LogP contribution in [0.2, 0.25) is 0 Å². The zero-order valence-corrected chi connectivity index (χ0v) is 29.1. The molecule has 0 spiro atoms. The minimum absolute atomic E-state index is 0.0664. The highest BCUT2D eigenvalue weighted by atomic mass is 32.1. The highest BCUT2D eigenvalue weighted by molar-refractivity contribution is 7.22. The van der Waals surface area contributed by atoms with E-state index < -0.39 is 0 Å². The summed E-state index contributed by atoms with van der Waals surface area (Å²) in [7, 11) is 0. The quantitative estimate of drug-likeness (QED) is 0.174. The molecule has 2 aliphatic rings. The molecule has 0 radical (unpaired) electrons. The van der Waals surface area contributed by atoms with Crippen LogP contribution in [0, 0.1) is 0 Å². The van der Waals surface area contributed by atoms with E-state index in [4.69, 9.17) is 24.4 Å². The Labute approximate surface area is 302 Å². The molecule has 2 atom stereocenters. The molecule has 0 fully saturated rings. The number of aromatic nitrogens is 2. The summed E-state index contributed by atoms with van der Waals surface area (Å²) in [5.41, 5.74) is 9.42. The smallest absolute Gasteiger partial charge is 0.202 e. The van der Waals surface area contributed by atoms with Crippen molar-refractivity contribution in [3.8, 4) is 21.0 Å². The Morgan fingerprint density at radius 1 is 0.667 bits per heavy atom. The molecular weight excluding hydrogens is 665 g/mol. The number of nitrogens with zero attached hydrogens (tertiary/aromatic N) is 4. The third kappa shape index (κ3) is 5.74. The van der Waals surface area contributed by atoms with Gasteiger partial charge in [-0.15, -0.1) is 22.7 Å². The fourth-order valence-electron chi connectivity index (χ4n) is 6.91. The van der Waals surface area contributed by atoms with Gasteiger partial charge in [-0.05, 0) is 64.9 Å². The molecular formula is C44H30N4OS2. The Balaban J connectivity index is 0.967. The Morgan fingerprint density at radius 2 is 1.41 bits per heavy atom. The zero-order chi connectivity index (χ0) is 33.7. The molecule has 8 aromatic rings. The number of rotatable bonds is 6. The zero-order valence-electron chi connectivity index (χ0n) is 27.4. The highest BCUT2D eigenvalue weighted by Crippen LogP contribution is 2.37. The fraction of sp³-hybridized carbons (Fsp3) is 0.0909. The average Bonchev–Trinajstić information content (AvgIpc) is 3.95. The first kappa shape index (κ1) is 30.1. The lowest BCUT2D eigenvalue weighted by molar-refractivity contribution is 0.504. The molecule has 5 nitrogen and oxygen atoms in total. The number of hydrogen-bond acceptors (Lipinski definition) is 7. The Bertz CT molecular complexity index is 2610. The molecule has 0 amide bonds. The molecule has 0 saturated carbocycles. The van der Waals surface area contributed by atoms with Crippen molar-refractivity contribution in [1.29, 1.82) is 0 Å². The summed E-state index contributed by atoms with van der Waals surface area (Å²) in [6, 6.07) is 44.5. The molecule has 1 aliphatic carbocycles. The second kappa shape index (κ2) is 12.5. The van der Waals surface area contributed by atoms with E-state index in [9.17, 15) is 0 Å². The van der Waals surface area contributed by atoms with E-state index in [-0.39, 0.29) is 12.0 Å². The number of aliphatic imine (C=N–C) groups is 2. The van der Waals surface area contributed by atoms with Gasteiger partial charge in [0.1, 0.15) is 10.5 Å². The van der Waals surface area contributed by atoms with Crippen molar-refractivity contribution >= 4 is 65.6 Å². The van der Waals surface area contributed by atoms with E-state index in [1.165, 1.54) is 25.2 Å². The van der Waals surface area contributed by atoms with Gasteiger partial charge in [-0.3, -0.25) is 4.99 Å². The Kier molecular flexibility index (Phi) is 7.40. The molecule has 7 heteroatoms. The number of benzene rings is 5. The standard InChI is InChI=1S/C44H30N4OS2/c1-5-11-39-33(7-1)25-41(50-39)29-17-19-30(20-18-29)42-45-36(27-13-21-31(22-14-27)43-47-34-8-2-4-10-38(34)49-43)26-37(46-42)28-15-23-32(24-16-28)44-48-35-9-3-6-12-40(35)51-44/h1-21,23-25,31,37H,22,26H2. The summed E-state index contributed by atoms with van der Waals surface area (Å²) in [5.74, 6) is 1.60. The third-order valence-electron chi connectivity index (χ3n) is 9.66. The van der Waals surface area contributed by atoms with Crippen LogP contribution in [0.25, 0.3) is 52.4 Å². The summed E-state index contributed by atoms with van der Waals surface area (Å²) >= 11 is 3.55. The first-order valence-electron chi connectivity index (χ1n) is 17.1. The largest absolute Gasteiger partial charge is 0.440 e. The molecule has 0 N–H and O–H groups in total. The minimum atomic E-state index is -0.0664. The van der Waals surface area contributed by atoms with Gasteiger partial charge in [0.15, 0.2) is 11.4 Å². The molecule has 3 aromatic heterocycles. The van der Waals surface area contributed by atoms with Crippen molar-refractivity contribution in [2.45, 2.75) is 24.8 Å². The second-order valence-corrected chi connectivity index (χ2v) is 15.1. The number of para-hydroxylation sites is 3. The summed E-state index contributed by atoms with van der Waals surface area (Å²) < 4.78 is 8.61. The van der Waals surface area contributed by atoms with E-state index in [0.29, 0.717) is 6.42 Å². The maximum Gasteiger partial charge on any atom is 0.202 e. The second-order valence-electron chi connectivity index (χ2n) is 12.9. The van der Waals surface area contributed by atoms with Crippen LogP contribution in [-0.2, 0) is 0 Å². The number of thiazole rings is 1. The minimum Gasteiger partial charge on any atom is -0.440 e. The first-order valence-corrected chi connectivity index (χ1v) is 18.8. The molecule has 2 unspecified atom stereocenters. The third-order valence-corrected chi connectivity index (χ3v) is 11.9. The lowest BCUT2D eigenvalue weighted by Gasteiger charge is -2.23. The molecule has 0 bridgehead atoms. The monoisotopic (exact) mass is 694 g/mol. The van der Waals surface area contributed by atoms with Crippen molar-refractivity contribution in [1.82, 2.24) is 9.97 Å². The van der Waals surface area contributed by atoms with E-state index in [1.807, 2.05) is 41.7 Å². The lowest BCUT2D eigenvalue weighted by atomic mass is 9.90. The van der Waals surface area contributed by atoms with Crippen molar-refractivity contribution < 1.29 is 4.42 Å². The number of fused-ring (bicyclic) bond motifs is 3. The van der Waals surface area contributed by atoms with Gasteiger partial charge in [-0.1, -0.05) is 109 Å². The van der Waals surface area contributed by atoms with Gasteiger partial charge in [0.2, 0.25) is 5.89 Å². The van der Waals surface area contributed by atoms with Gasteiger partial charge in [0, 0.05) is 27.1 Å². The van der Waals surface area contributed by atoms with E-state index in [1.54, 1.807) is 11.3 Å². The van der Waals surface area contributed by atoms with Crippen molar-refractivity contribution in [2.24, 2.45) is 9.98 Å². The molecule has 10 rings (SSSR count). The SMILES string of the molecule is C1=CC(c2nc3ccccc3o2)CC=C1C1=NC(c2ccc(-c3cc4ccccc4s3)cc2)=NC(c2ccc(-c3nc4ccccc4s3)cc2)C1. The van der Waals surface area contributed by atoms with Crippen LogP contribution in [0.5, 0.6) is 0 Å². The van der Waals surface area contributed by atoms with Crippen LogP contribution in [0.1, 0.15) is 41.8 Å². The van der Waals surface area contributed by atoms with E-state index in [2.05, 4.69) is 115 Å². The van der Waals surface area contributed by atoms with Crippen molar-refractivity contribution in [3.05, 3.63) is 168 Å². The van der Waals surface area contributed by atoms with Gasteiger partial charge >= 0.3 is 0 Å². The number of allylic oxidation sites excluding steroid dienone is 4. The number of oxazole rings is 1. The summed E-state index contributed by atoms with van der Waals surface area (Å²) in [4.78, 5) is 21.4. The summed E-state index contributed by atoms with van der Waals surface area (Å²) in [6.45, 7) is 0. The van der Waals surface area contributed by atoms with Gasteiger partial charge in [0.05, 0.1) is 27.9 Å². The van der Waals surface area contributed by atoms with E-state index in [0.717, 1.165) is 67.7 Å². The van der Waals surface area contributed by atoms with Crippen LogP contribution in [-0.4, -0.2) is 21.5 Å². The van der Waals surface area contributed by atoms with Gasteiger partial charge in [0.25, 0.3) is 0 Å². The predicted molar refractivity (Wildman–Crippen MR) is 212 cm³/mol. The number of hydrogen-bond donors (Lipinski definition) is 0. The summed E-state index contributed by atoms with van der Waals surface area (Å²) in [5, 5.41) is 2.30. The highest BCUT2D eigenvalue weighted by Gasteiger charge is 2.25. The van der Waals surface area contributed by atoms with Gasteiger partial charge in [-0.2, -0.15) is 0 Å². The van der Waals surface area contributed by atoms with Gasteiger partial charge < -0.3 is 4.42 Å². The van der Waals surface area contributed by atoms with E-state index >= 15 is 0 Å². The van der Waals surface area contributed by atoms with Crippen molar-refractivity contribution in [3.63, 3.8) is 0 Å². The number of thiophene rings is 1. The predicted octanol–water partition coefficient (Wildman–Crippen LogP) is 12.0. The van der Waals surface area contributed by atoms with Crippen LogP contribution in [0.3, 0.4) is 0 Å². The summed E-state index contributed by atoms with van der Waals surface area (Å²) in [6.07, 6.45) is 8.18. The lowest BCUT2D eigenvalue weighted by Crippen LogP contribution is -2.18. The van der Waals surface area contributed by atoms with Crippen LogP contribution in [0.15, 0.2) is 166 Å². The maximum absolute atomic E-state index is 6.11. The van der Waals surface area contributed by atoms with Crippen LogP contribution < -0.4 is 0 Å². The molecule has 51 heavy (non-hydrogen) atoms. The molecule has 4 heterocycles. The Morgan fingerprint density at radius 3 is 2.20 bits per heavy atom. The maximum atomic E-state index is 6.11. The Hall–Kier alpha value is -5.76. The van der Waals surface area contributed by atoms with Crippen LogP contribution >= 0.6 is 22.7 Å². The molecule has 5 aromatic carbocycles. The average molecular weight is 695 g/mol. The van der Waals surface area contributed by atoms with Crippen LogP contribution in [0.4, 0.5) is 0 Å². The normalized spacial score (nSPS) is 17.5. The number of amidine groups is 1. The van der Waals surface area contributed by atoms with Gasteiger partial charge in [-0.25, -0.2) is 15.0 Å². The molecule has 244 valence electrons. The first-order chi connectivity index (χ1) is 25.2. The fourth-order valence-corrected chi connectivity index (χ4v) is 8.95. The topological polar surface area (TPSA) is 63.6 Å². The molecule has 0 saturated heterocycles. The molecule has 1 aliphatic heterocycles. The van der Waals surface area contributed by atoms with Crippen molar-refractivity contribution in [2.75, 3.05) is 0 Å².